The van der Waals surface area contributed by atoms with Gasteiger partial charge in [0.05, 0.1) is 27.9 Å². The lowest BCUT2D eigenvalue weighted by Gasteiger charge is -2.45. The highest BCUT2D eigenvalue weighted by molar-refractivity contribution is 8.00. The average molecular weight is 550 g/mol. The second-order valence-corrected chi connectivity index (χ2v) is 12.6. The molecule has 1 saturated carbocycles. The van der Waals surface area contributed by atoms with E-state index in [2.05, 4.69) is 20.9 Å². The van der Waals surface area contributed by atoms with Gasteiger partial charge in [-0.15, -0.1) is 0 Å². The molecule has 2 aliphatic carbocycles. The molecular formula is C29H29F2N5O2S. The van der Waals surface area contributed by atoms with Crippen molar-refractivity contribution in [1.82, 2.24) is 14.8 Å². The van der Waals surface area contributed by atoms with Gasteiger partial charge in [-0.1, -0.05) is 5.57 Å². The van der Waals surface area contributed by atoms with Crippen molar-refractivity contribution >= 4 is 32.6 Å². The van der Waals surface area contributed by atoms with Crippen molar-refractivity contribution in [1.29, 1.82) is 0 Å². The number of ketones is 1. The molecule has 1 aromatic carbocycles. The van der Waals surface area contributed by atoms with Crippen LogP contribution in [0.3, 0.4) is 0 Å². The van der Waals surface area contributed by atoms with E-state index in [4.69, 9.17) is 5.73 Å². The van der Waals surface area contributed by atoms with Crippen molar-refractivity contribution in [3.63, 3.8) is 0 Å². The number of benzene rings is 1. The highest BCUT2D eigenvalue weighted by atomic mass is 32.2. The number of rotatable bonds is 6. The third kappa shape index (κ3) is 5.34. The molecule has 2 aromatic heterocycles. The standard InChI is InChI=1S/C29H29F2N5O2S/c1-36-17-25(16-34-36)39(2,38)18-19-3-4-21-11-26(35-24-7-5-22(30)6-8-24)20(15-32)14-29(21,13-19)28(37)27-12-23(31)9-10-33-27/h5-12,15-17,19H,2-4,13-14,18,32H2,1H3/t19-,29+,39?/m0/s1. The van der Waals surface area contributed by atoms with Crippen molar-refractivity contribution < 1.29 is 17.8 Å². The Morgan fingerprint density at radius 1 is 1.28 bits per heavy atom. The van der Waals surface area contributed by atoms with Crippen LogP contribution in [0.25, 0.3) is 0 Å². The summed E-state index contributed by atoms with van der Waals surface area (Å²) in [7, 11) is -0.904. The topological polar surface area (TPSA) is 103 Å². The molecule has 202 valence electrons. The van der Waals surface area contributed by atoms with Crippen LogP contribution in [0.5, 0.6) is 0 Å². The van der Waals surface area contributed by atoms with Gasteiger partial charge in [-0.05, 0) is 95.2 Å². The number of aryl methyl sites for hydroxylation is 1. The Kier molecular flexibility index (Phi) is 7.07. The largest absolute Gasteiger partial charge is 0.404 e. The van der Waals surface area contributed by atoms with Crippen molar-refractivity contribution in [2.45, 2.75) is 30.6 Å². The number of pyridine rings is 1. The summed E-state index contributed by atoms with van der Waals surface area (Å²) < 4.78 is 42.8. The fraction of sp³-hybridized carbons (Fsp3) is 0.276. The smallest absolute Gasteiger partial charge is 0.191 e. The highest BCUT2D eigenvalue weighted by Gasteiger charge is 2.50. The third-order valence-electron chi connectivity index (χ3n) is 7.49. The van der Waals surface area contributed by atoms with Gasteiger partial charge in [0.15, 0.2) is 5.78 Å². The van der Waals surface area contributed by atoms with Crippen LogP contribution in [0.4, 0.5) is 14.5 Å². The maximum Gasteiger partial charge on any atom is 0.191 e. The number of hydrogen-bond donors (Lipinski definition) is 1. The van der Waals surface area contributed by atoms with Gasteiger partial charge in [-0.25, -0.2) is 13.8 Å². The molecule has 2 N–H and O–H groups in total. The second kappa shape index (κ2) is 10.3. The number of aliphatic imine (C=N–C) groups is 1. The number of carbonyl (C=O) groups excluding carboxylic acids is 1. The Balaban J connectivity index is 1.56. The number of Topliss-reactive ketones (excluding diaryl/α,β-unsaturated/α-hetero) is 1. The molecule has 3 aromatic rings. The van der Waals surface area contributed by atoms with Crippen LogP contribution >= 0.6 is 0 Å². The summed E-state index contributed by atoms with van der Waals surface area (Å²) in [4.78, 5) is 23.6. The Labute approximate surface area is 226 Å². The number of hydrogen-bond acceptors (Lipinski definition) is 6. The lowest BCUT2D eigenvalue weighted by molar-refractivity contribution is 0.0763. The van der Waals surface area contributed by atoms with Crippen molar-refractivity contribution in [3.05, 3.63) is 95.7 Å². The Morgan fingerprint density at radius 3 is 2.72 bits per heavy atom. The number of carbonyl (C=O) groups is 1. The van der Waals surface area contributed by atoms with E-state index >= 15 is 0 Å². The zero-order valence-corrected chi connectivity index (χ0v) is 22.3. The number of nitrogens with zero attached hydrogens (tertiary/aromatic N) is 4. The molecule has 1 fully saturated rings. The Bertz CT molecular complexity index is 1620. The average Bonchev–Trinajstić information content (AvgIpc) is 3.36. The van der Waals surface area contributed by atoms with Crippen molar-refractivity contribution in [3.8, 4) is 0 Å². The Hall–Kier alpha value is -3.92. The second-order valence-electron chi connectivity index (χ2n) is 10.2. The van der Waals surface area contributed by atoms with Crippen LogP contribution in [-0.4, -0.2) is 42.1 Å². The summed E-state index contributed by atoms with van der Waals surface area (Å²) in [5.41, 5.74) is 7.64. The molecule has 2 heterocycles. The zero-order valence-electron chi connectivity index (χ0n) is 21.5. The van der Waals surface area contributed by atoms with Crippen molar-refractivity contribution in [2.24, 2.45) is 29.1 Å². The van der Waals surface area contributed by atoms with Crippen LogP contribution in [-0.2, 0) is 16.6 Å². The molecule has 7 nitrogen and oxygen atoms in total. The van der Waals surface area contributed by atoms with Crippen LogP contribution in [0.2, 0.25) is 0 Å². The molecule has 1 unspecified atom stereocenters. The van der Waals surface area contributed by atoms with Crippen molar-refractivity contribution in [2.75, 3.05) is 5.75 Å². The van der Waals surface area contributed by atoms with Gasteiger partial charge in [0, 0.05) is 31.3 Å². The van der Waals surface area contributed by atoms with Gasteiger partial charge in [-0.3, -0.25) is 18.7 Å². The predicted molar refractivity (Wildman–Crippen MR) is 148 cm³/mol. The van der Waals surface area contributed by atoms with E-state index in [-0.39, 0.29) is 35.4 Å². The van der Waals surface area contributed by atoms with Crippen LogP contribution < -0.4 is 5.73 Å². The minimum absolute atomic E-state index is 0.0273. The quantitative estimate of drug-likeness (QED) is 0.352. The molecule has 0 aliphatic heterocycles. The van der Waals surface area contributed by atoms with Gasteiger partial charge in [0.25, 0.3) is 0 Å². The first-order chi connectivity index (χ1) is 18.6. The zero-order chi connectivity index (χ0) is 27.8. The first-order valence-corrected chi connectivity index (χ1v) is 14.5. The molecular weight excluding hydrogens is 520 g/mol. The van der Waals surface area contributed by atoms with Gasteiger partial charge in [0.2, 0.25) is 0 Å². The van der Waals surface area contributed by atoms with E-state index in [0.717, 1.165) is 11.6 Å². The van der Waals surface area contributed by atoms with Crippen LogP contribution in [0.1, 0.15) is 36.2 Å². The molecule has 39 heavy (non-hydrogen) atoms. The van der Waals surface area contributed by atoms with E-state index in [1.807, 2.05) is 6.08 Å². The third-order valence-corrected chi connectivity index (χ3v) is 9.57. The minimum Gasteiger partial charge on any atom is -0.404 e. The normalized spacial score (nSPS) is 24.7. The lowest BCUT2D eigenvalue weighted by Crippen LogP contribution is -2.43. The summed E-state index contributed by atoms with van der Waals surface area (Å²) in [5, 5.41) is 4.14. The van der Waals surface area contributed by atoms with Gasteiger partial charge in [0.1, 0.15) is 17.3 Å². The summed E-state index contributed by atoms with van der Waals surface area (Å²) in [6.45, 7) is 0. The summed E-state index contributed by atoms with van der Waals surface area (Å²) >= 11 is 0. The van der Waals surface area contributed by atoms with E-state index < -0.39 is 20.8 Å². The number of fused-ring (bicyclic) bond motifs is 1. The number of allylic oxidation sites excluding steroid dienone is 3. The lowest BCUT2D eigenvalue weighted by atomic mass is 9.58. The van der Waals surface area contributed by atoms with Gasteiger partial charge in [-0.2, -0.15) is 5.10 Å². The molecule has 0 radical (unpaired) electrons. The fourth-order valence-corrected chi connectivity index (χ4v) is 7.42. The van der Waals surface area contributed by atoms with E-state index in [9.17, 15) is 17.8 Å². The van der Waals surface area contributed by atoms with E-state index in [1.54, 1.807) is 36.3 Å². The molecule has 0 spiro atoms. The molecule has 10 heteroatoms. The molecule has 5 rings (SSSR count). The van der Waals surface area contributed by atoms with E-state index in [1.165, 1.54) is 30.6 Å². The minimum atomic E-state index is -2.66. The number of nitrogens with two attached hydrogens (primary N) is 1. The highest BCUT2D eigenvalue weighted by Crippen LogP contribution is 2.52. The van der Waals surface area contributed by atoms with Crippen LogP contribution in [0, 0.1) is 23.0 Å². The molecule has 0 saturated heterocycles. The maximum atomic E-state index is 14.1. The van der Waals surface area contributed by atoms with Crippen LogP contribution in [0.15, 0.2) is 88.3 Å². The maximum absolute atomic E-state index is 14.1. The van der Waals surface area contributed by atoms with Gasteiger partial charge >= 0.3 is 0 Å². The van der Waals surface area contributed by atoms with Gasteiger partial charge < -0.3 is 5.73 Å². The number of aromatic nitrogens is 3. The molecule has 2 aliphatic rings. The predicted octanol–water partition coefficient (Wildman–Crippen LogP) is 4.78. The summed E-state index contributed by atoms with van der Waals surface area (Å²) in [6, 6.07) is 8.13. The number of halogens is 2. The fourth-order valence-electron chi connectivity index (χ4n) is 5.60. The molecule has 0 bridgehead atoms. The molecule has 0 amide bonds. The first-order valence-electron chi connectivity index (χ1n) is 12.6. The SMILES string of the molecule is C=S(=O)(C[C@H]1CCC2=CC(=Nc3ccc(F)cc3)C(=CN)C[C@]2(C(=O)c2cc(F)ccn2)C1)c1cnn(C)c1. The van der Waals surface area contributed by atoms with E-state index in [0.29, 0.717) is 41.1 Å². The summed E-state index contributed by atoms with van der Waals surface area (Å²) in [5.74, 6) is 2.98. The first kappa shape index (κ1) is 26.7. The Morgan fingerprint density at radius 2 is 2.05 bits per heavy atom. The molecule has 3 atom stereocenters. The monoisotopic (exact) mass is 549 g/mol. The summed E-state index contributed by atoms with van der Waals surface area (Å²) in [6.07, 6.45) is 9.68.